The zero-order valence-corrected chi connectivity index (χ0v) is 16.1. The molecule has 1 aliphatic rings. The number of aliphatic hydroxyl groups excluding tert-OH is 1. The third kappa shape index (κ3) is 3.75. The van der Waals surface area contributed by atoms with Crippen molar-refractivity contribution in [1.82, 2.24) is 14.8 Å². The van der Waals surface area contributed by atoms with Gasteiger partial charge in [0.25, 0.3) is 11.7 Å². The van der Waals surface area contributed by atoms with Crippen LogP contribution in [-0.2, 0) is 9.59 Å². The van der Waals surface area contributed by atoms with Gasteiger partial charge in [-0.25, -0.2) is 0 Å². The molecule has 7 nitrogen and oxygen atoms in total. The topological polar surface area (TPSA) is 83.0 Å². The Morgan fingerprint density at radius 1 is 1.18 bits per heavy atom. The van der Waals surface area contributed by atoms with Crippen LogP contribution in [0, 0.1) is 0 Å². The third-order valence-electron chi connectivity index (χ3n) is 4.66. The number of hydrogen-bond donors (Lipinski definition) is 1. The SMILES string of the molecule is COc1ccc(C(O)=C2C(=O)C(=O)N(CCN(C)C)[C@H]2c2ccccn2)cc1. The number of aromatic nitrogens is 1. The predicted molar refractivity (Wildman–Crippen MR) is 105 cm³/mol. The number of pyridine rings is 1. The number of hydrogen-bond acceptors (Lipinski definition) is 6. The van der Waals surface area contributed by atoms with E-state index in [-0.39, 0.29) is 11.3 Å². The van der Waals surface area contributed by atoms with E-state index in [1.54, 1.807) is 55.8 Å². The summed E-state index contributed by atoms with van der Waals surface area (Å²) >= 11 is 0. The van der Waals surface area contributed by atoms with Gasteiger partial charge in [-0.1, -0.05) is 6.07 Å². The van der Waals surface area contributed by atoms with Gasteiger partial charge in [0.1, 0.15) is 17.6 Å². The van der Waals surface area contributed by atoms with Crippen molar-refractivity contribution < 1.29 is 19.4 Å². The summed E-state index contributed by atoms with van der Waals surface area (Å²) in [7, 11) is 5.33. The first-order chi connectivity index (χ1) is 13.4. The molecule has 0 aliphatic carbocycles. The molecule has 0 saturated carbocycles. The maximum absolute atomic E-state index is 12.8. The quantitative estimate of drug-likeness (QED) is 0.469. The van der Waals surface area contributed by atoms with E-state index < -0.39 is 17.7 Å². The van der Waals surface area contributed by atoms with Crippen LogP contribution < -0.4 is 4.74 Å². The van der Waals surface area contributed by atoms with E-state index >= 15 is 0 Å². The average Bonchev–Trinajstić information content (AvgIpc) is 2.97. The molecule has 28 heavy (non-hydrogen) atoms. The fourth-order valence-electron chi connectivity index (χ4n) is 3.17. The normalized spacial score (nSPS) is 18.7. The van der Waals surface area contributed by atoms with Gasteiger partial charge in [-0.2, -0.15) is 0 Å². The Labute approximate surface area is 163 Å². The lowest BCUT2D eigenvalue weighted by Gasteiger charge is -2.25. The number of methoxy groups -OCH3 is 1. The Bertz CT molecular complexity index is 892. The lowest BCUT2D eigenvalue weighted by molar-refractivity contribution is -0.140. The summed E-state index contributed by atoms with van der Waals surface area (Å²) < 4.78 is 5.13. The molecular formula is C21H23N3O4. The number of benzene rings is 1. The van der Waals surface area contributed by atoms with Crippen molar-refractivity contribution in [3.05, 3.63) is 65.5 Å². The van der Waals surface area contributed by atoms with Gasteiger partial charge in [0.15, 0.2) is 0 Å². The largest absolute Gasteiger partial charge is 0.507 e. The van der Waals surface area contributed by atoms with Gasteiger partial charge >= 0.3 is 0 Å². The molecule has 7 heteroatoms. The van der Waals surface area contributed by atoms with Crippen molar-refractivity contribution in [1.29, 1.82) is 0 Å². The fraction of sp³-hybridized carbons (Fsp3) is 0.286. The Balaban J connectivity index is 2.10. The Morgan fingerprint density at radius 2 is 1.89 bits per heavy atom. The molecule has 0 spiro atoms. The molecule has 1 aliphatic heterocycles. The van der Waals surface area contributed by atoms with Crippen LogP contribution in [0.5, 0.6) is 5.75 Å². The molecule has 1 atom stereocenters. The van der Waals surface area contributed by atoms with Crippen LogP contribution in [0.4, 0.5) is 0 Å². The molecule has 2 heterocycles. The van der Waals surface area contributed by atoms with Crippen LogP contribution in [-0.4, -0.2) is 65.9 Å². The molecular weight excluding hydrogens is 358 g/mol. The van der Waals surface area contributed by atoms with E-state index in [1.807, 2.05) is 19.0 Å². The van der Waals surface area contributed by atoms with Gasteiger partial charge in [-0.05, 0) is 50.5 Å². The minimum Gasteiger partial charge on any atom is -0.507 e. The number of likely N-dealkylation sites (tertiary alicyclic amines) is 1. The Kier molecular flexibility index (Phi) is 5.75. The van der Waals surface area contributed by atoms with Gasteiger partial charge in [-0.3, -0.25) is 14.6 Å². The molecule has 1 saturated heterocycles. The molecule has 1 N–H and O–H groups in total. The maximum atomic E-state index is 12.8. The number of aliphatic hydroxyl groups is 1. The molecule has 1 aromatic carbocycles. The molecule has 0 unspecified atom stereocenters. The highest BCUT2D eigenvalue weighted by molar-refractivity contribution is 6.46. The zero-order valence-electron chi connectivity index (χ0n) is 16.1. The second-order valence-corrected chi connectivity index (χ2v) is 6.78. The van der Waals surface area contributed by atoms with Crippen molar-refractivity contribution in [2.24, 2.45) is 0 Å². The first-order valence-corrected chi connectivity index (χ1v) is 8.92. The maximum Gasteiger partial charge on any atom is 0.295 e. The number of rotatable bonds is 6. The van der Waals surface area contributed by atoms with E-state index in [9.17, 15) is 14.7 Å². The van der Waals surface area contributed by atoms with Crippen LogP contribution in [0.25, 0.3) is 5.76 Å². The number of carbonyl (C=O) groups excluding carboxylic acids is 2. The number of Topliss-reactive ketones (excluding diaryl/α,β-unsaturated/α-hetero) is 1. The first kappa shape index (κ1) is 19.6. The predicted octanol–water partition coefficient (Wildman–Crippen LogP) is 2.07. The molecule has 1 amide bonds. The van der Waals surface area contributed by atoms with E-state index in [2.05, 4.69) is 4.98 Å². The number of carbonyl (C=O) groups is 2. The second-order valence-electron chi connectivity index (χ2n) is 6.78. The molecule has 2 aromatic rings. The van der Waals surface area contributed by atoms with Crippen molar-refractivity contribution in [2.75, 3.05) is 34.3 Å². The lowest BCUT2D eigenvalue weighted by atomic mass is 9.98. The van der Waals surface area contributed by atoms with Crippen molar-refractivity contribution >= 4 is 17.4 Å². The van der Waals surface area contributed by atoms with Gasteiger partial charge in [-0.15, -0.1) is 0 Å². The summed E-state index contributed by atoms with van der Waals surface area (Å²) in [5, 5.41) is 10.9. The number of nitrogens with zero attached hydrogens (tertiary/aromatic N) is 3. The Hall–Kier alpha value is -3.19. The van der Waals surface area contributed by atoms with Crippen LogP contribution >= 0.6 is 0 Å². The van der Waals surface area contributed by atoms with E-state index in [0.717, 1.165) is 0 Å². The molecule has 146 valence electrons. The number of likely N-dealkylation sites (N-methyl/N-ethyl adjacent to an activating group) is 1. The number of amides is 1. The molecule has 3 rings (SSSR count). The zero-order chi connectivity index (χ0) is 20.3. The monoisotopic (exact) mass is 381 g/mol. The highest BCUT2D eigenvalue weighted by Crippen LogP contribution is 2.38. The summed E-state index contributed by atoms with van der Waals surface area (Å²) in [6.45, 7) is 0.928. The first-order valence-electron chi connectivity index (χ1n) is 8.92. The van der Waals surface area contributed by atoms with E-state index in [0.29, 0.717) is 30.1 Å². The standard InChI is InChI=1S/C21H23N3O4/c1-23(2)12-13-24-18(16-6-4-5-11-22-16)17(20(26)21(24)27)19(25)14-7-9-15(28-3)10-8-14/h4-11,18,25H,12-13H2,1-3H3/t18-/m0/s1. The molecule has 1 aromatic heterocycles. The van der Waals surface area contributed by atoms with Gasteiger partial charge in [0, 0.05) is 24.8 Å². The molecule has 1 fully saturated rings. The average molecular weight is 381 g/mol. The summed E-state index contributed by atoms with van der Waals surface area (Å²) in [6, 6.07) is 11.2. The highest BCUT2D eigenvalue weighted by atomic mass is 16.5. The minimum atomic E-state index is -0.733. The smallest absolute Gasteiger partial charge is 0.295 e. The third-order valence-corrected chi connectivity index (χ3v) is 4.66. The minimum absolute atomic E-state index is 0.0487. The summed E-state index contributed by atoms with van der Waals surface area (Å²) in [5.41, 5.74) is 1.02. The Morgan fingerprint density at radius 3 is 2.46 bits per heavy atom. The molecule has 0 bridgehead atoms. The van der Waals surface area contributed by atoms with E-state index in [1.165, 1.54) is 4.90 Å². The summed E-state index contributed by atoms with van der Waals surface area (Å²) in [4.78, 5) is 33.3. The van der Waals surface area contributed by atoms with Gasteiger partial charge in [0.05, 0.1) is 18.4 Å². The summed E-state index contributed by atoms with van der Waals surface area (Å²) in [5.74, 6) is -0.927. The lowest BCUT2D eigenvalue weighted by Crippen LogP contribution is -2.35. The number of ketones is 1. The summed E-state index contributed by atoms with van der Waals surface area (Å²) in [6.07, 6.45) is 1.61. The number of ether oxygens (including phenoxy) is 1. The van der Waals surface area contributed by atoms with Crippen LogP contribution in [0.1, 0.15) is 17.3 Å². The van der Waals surface area contributed by atoms with Crippen molar-refractivity contribution in [3.8, 4) is 5.75 Å². The fourth-order valence-corrected chi connectivity index (χ4v) is 3.17. The van der Waals surface area contributed by atoms with E-state index in [4.69, 9.17) is 4.74 Å². The molecule has 0 radical (unpaired) electrons. The van der Waals surface area contributed by atoms with Crippen LogP contribution in [0.15, 0.2) is 54.2 Å². The second kappa shape index (κ2) is 8.22. The van der Waals surface area contributed by atoms with Gasteiger partial charge < -0.3 is 19.6 Å². The van der Waals surface area contributed by atoms with Crippen molar-refractivity contribution in [3.63, 3.8) is 0 Å². The van der Waals surface area contributed by atoms with Crippen molar-refractivity contribution in [2.45, 2.75) is 6.04 Å². The van der Waals surface area contributed by atoms with Gasteiger partial charge in [0.2, 0.25) is 0 Å². The van der Waals surface area contributed by atoms with Crippen LogP contribution in [0.2, 0.25) is 0 Å². The highest BCUT2D eigenvalue weighted by Gasteiger charge is 2.46. The van der Waals surface area contributed by atoms with Crippen LogP contribution in [0.3, 0.4) is 0 Å².